The maximum Gasteiger partial charge on any atom is 0.0448 e. The predicted molar refractivity (Wildman–Crippen MR) is 116 cm³/mol. The molecule has 0 spiro atoms. The molecule has 0 aromatic rings. The first-order chi connectivity index (χ1) is 12.7. The van der Waals surface area contributed by atoms with Crippen LogP contribution in [0, 0.1) is 0 Å². The Kier molecular flexibility index (Phi) is 19.1. The van der Waals surface area contributed by atoms with Gasteiger partial charge >= 0.3 is 0 Å². The second-order valence-electron chi connectivity index (χ2n) is 8.06. The number of rotatable bonds is 20. The quantitative estimate of drug-likeness (QED) is 0.187. The van der Waals surface area contributed by atoms with E-state index < -0.39 is 0 Å². The van der Waals surface area contributed by atoms with E-state index >= 15 is 0 Å². The summed E-state index contributed by atoms with van der Waals surface area (Å²) in [5.74, 6) is 0. The molecule has 0 fully saturated rings. The molecule has 0 aliphatic heterocycles. The highest BCUT2D eigenvalue weighted by atomic mass is 16.3. The zero-order valence-corrected chi connectivity index (χ0v) is 17.7. The molecular formula is C23H48N2O. The molecule has 1 unspecified atom stereocenters. The van der Waals surface area contributed by atoms with Crippen molar-refractivity contribution in [3.8, 4) is 0 Å². The first-order valence-electron chi connectivity index (χ1n) is 11.4. The van der Waals surface area contributed by atoms with E-state index in [0.29, 0.717) is 13.0 Å². The van der Waals surface area contributed by atoms with Crippen LogP contribution in [0.3, 0.4) is 0 Å². The van der Waals surface area contributed by atoms with Crippen molar-refractivity contribution in [2.24, 2.45) is 11.5 Å². The maximum absolute atomic E-state index is 9.14. The third-order valence-corrected chi connectivity index (χ3v) is 5.44. The number of hydrogen-bond donors (Lipinski definition) is 3. The first kappa shape index (κ1) is 25.6. The van der Waals surface area contributed by atoms with Gasteiger partial charge in [-0.3, -0.25) is 0 Å². The molecule has 0 bridgehead atoms. The van der Waals surface area contributed by atoms with Crippen LogP contribution in [0.2, 0.25) is 0 Å². The minimum absolute atomic E-state index is 0.170. The Bertz CT molecular complexity index is 299. The molecule has 0 saturated heterocycles. The van der Waals surface area contributed by atoms with E-state index in [1.165, 1.54) is 83.5 Å². The molecule has 26 heavy (non-hydrogen) atoms. The average molecular weight is 369 g/mol. The van der Waals surface area contributed by atoms with E-state index in [1.54, 1.807) is 0 Å². The normalized spacial score (nSPS) is 14.2. The standard InChI is InChI=1S/C23H48N2O/c1-2-3-4-5-6-7-8-9-10-11-12-13-14-15-16-17-18-23(25,19-21-24)20-22-26/h9-10,26H,2-8,11-22,24-25H2,1H3/b10-9-. The Morgan fingerprint density at radius 3 is 1.69 bits per heavy atom. The van der Waals surface area contributed by atoms with Gasteiger partial charge in [0.15, 0.2) is 0 Å². The average Bonchev–Trinajstić information content (AvgIpc) is 2.62. The van der Waals surface area contributed by atoms with Gasteiger partial charge in [-0.05, 0) is 51.5 Å². The molecule has 0 aromatic heterocycles. The summed E-state index contributed by atoms with van der Waals surface area (Å²) in [5.41, 5.74) is 11.7. The summed E-state index contributed by atoms with van der Waals surface area (Å²) in [6.07, 6.45) is 25.8. The Hall–Kier alpha value is -0.380. The maximum atomic E-state index is 9.14. The number of allylic oxidation sites excluding steroid dienone is 2. The molecule has 3 nitrogen and oxygen atoms in total. The van der Waals surface area contributed by atoms with Crippen molar-refractivity contribution in [2.45, 2.75) is 122 Å². The fourth-order valence-electron chi connectivity index (χ4n) is 3.61. The van der Waals surface area contributed by atoms with Gasteiger partial charge in [0.25, 0.3) is 0 Å². The Morgan fingerprint density at radius 2 is 1.19 bits per heavy atom. The van der Waals surface area contributed by atoms with E-state index in [0.717, 1.165) is 19.3 Å². The molecule has 1 atom stereocenters. The summed E-state index contributed by atoms with van der Waals surface area (Å²) in [5, 5.41) is 9.14. The molecule has 0 saturated carbocycles. The Balaban J connectivity index is 3.36. The van der Waals surface area contributed by atoms with Gasteiger partial charge in [-0.1, -0.05) is 83.3 Å². The molecule has 0 amide bonds. The van der Waals surface area contributed by atoms with Gasteiger partial charge in [-0.25, -0.2) is 0 Å². The predicted octanol–water partition coefficient (Wildman–Crippen LogP) is 5.84. The topological polar surface area (TPSA) is 72.3 Å². The highest BCUT2D eigenvalue weighted by Gasteiger charge is 2.22. The van der Waals surface area contributed by atoms with Crippen LogP contribution in [-0.2, 0) is 0 Å². The van der Waals surface area contributed by atoms with E-state index in [1.807, 2.05) is 0 Å². The molecule has 5 N–H and O–H groups in total. The molecule has 3 heteroatoms. The Morgan fingerprint density at radius 1 is 0.692 bits per heavy atom. The molecule has 156 valence electrons. The zero-order valence-electron chi connectivity index (χ0n) is 17.7. The smallest absolute Gasteiger partial charge is 0.0448 e. The first-order valence-corrected chi connectivity index (χ1v) is 11.4. The zero-order chi connectivity index (χ0) is 19.3. The van der Waals surface area contributed by atoms with Crippen molar-refractivity contribution >= 4 is 0 Å². The number of aliphatic hydroxyl groups excluding tert-OH is 1. The third kappa shape index (κ3) is 17.1. The molecule has 0 aliphatic rings. The van der Waals surface area contributed by atoms with Gasteiger partial charge in [0.05, 0.1) is 0 Å². The number of hydrogen-bond acceptors (Lipinski definition) is 3. The summed E-state index contributed by atoms with van der Waals surface area (Å²) < 4.78 is 0. The van der Waals surface area contributed by atoms with Crippen molar-refractivity contribution in [1.82, 2.24) is 0 Å². The van der Waals surface area contributed by atoms with Crippen molar-refractivity contribution in [1.29, 1.82) is 0 Å². The lowest BCUT2D eigenvalue weighted by Crippen LogP contribution is -2.42. The number of nitrogens with two attached hydrogens (primary N) is 2. The molecule has 0 aromatic carbocycles. The molecule has 0 radical (unpaired) electrons. The highest BCUT2D eigenvalue weighted by Crippen LogP contribution is 2.20. The Labute approximate surface area is 164 Å². The van der Waals surface area contributed by atoms with E-state index in [4.69, 9.17) is 16.6 Å². The van der Waals surface area contributed by atoms with Gasteiger partial charge in [0.2, 0.25) is 0 Å². The van der Waals surface area contributed by atoms with Crippen LogP contribution in [0.5, 0.6) is 0 Å². The fraction of sp³-hybridized carbons (Fsp3) is 0.913. The molecule has 0 rings (SSSR count). The van der Waals surface area contributed by atoms with Gasteiger partial charge in [0.1, 0.15) is 0 Å². The van der Waals surface area contributed by atoms with Crippen LogP contribution in [0.25, 0.3) is 0 Å². The monoisotopic (exact) mass is 368 g/mol. The second-order valence-corrected chi connectivity index (χ2v) is 8.06. The fourth-order valence-corrected chi connectivity index (χ4v) is 3.61. The van der Waals surface area contributed by atoms with E-state index in [2.05, 4.69) is 19.1 Å². The van der Waals surface area contributed by atoms with Crippen molar-refractivity contribution < 1.29 is 5.11 Å². The molecule has 0 heterocycles. The van der Waals surface area contributed by atoms with Crippen molar-refractivity contribution in [2.75, 3.05) is 13.2 Å². The van der Waals surface area contributed by atoms with Crippen LogP contribution in [0.15, 0.2) is 12.2 Å². The van der Waals surface area contributed by atoms with Crippen LogP contribution >= 0.6 is 0 Å². The van der Waals surface area contributed by atoms with Gasteiger partial charge in [-0.15, -0.1) is 0 Å². The van der Waals surface area contributed by atoms with E-state index in [9.17, 15) is 0 Å². The molecular weight excluding hydrogens is 320 g/mol. The van der Waals surface area contributed by atoms with Crippen LogP contribution in [-0.4, -0.2) is 23.8 Å². The van der Waals surface area contributed by atoms with Crippen LogP contribution in [0.1, 0.15) is 116 Å². The summed E-state index contributed by atoms with van der Waals surface area (Å²) >= 11 is 0. The minimum Gasteiger partial charge on any atom is -0.396 e. The van der Waals surface area contributed by atoms with Gasteiger partial charge < -0.3 is 16.6 Å². The van der Waals surface area contributed by atoms with Crippen molar-refractivity contribution in [3.05, 3.63) is 12.2 Å². The summed E-state index contributed by atoms with van der Waals surface area (Å²) in [6, 6.07) is 0. The summed E-state index contributed by atoms with van der Waals surface area (Å²) in [4.78, 5) is 0. The SMILES string of the molecule is CCCCCCCC/C=C\CCCCCCCCC(N)(CCN)CCO. The largest absolute Gasteiger partial charge is 0.396 e. The minimum atomic E-state index is -0.246. The number of unbranched alkanes of at least 4 members (excludes halogenated alkanes) is 12. The highest BCUT2D eigenvalue weighted by molar-refractivity contribution is 4.84. The van der Waals surface area contributed by atoms with Crippen LogP contribution in [0.4, 0.5) is 0 Å². The van der Waals surface area contributed by atoms with Gasteiger partial charge in [0, 0.05) is 12.1 Å². The summed E-state index contributed by atoms with van der Waals surface area (Å²) in [6.45, 7) is 3.06. The van der Waals surface area contributed by atoms with E-state index in [-0.39, 0.29) is 12.1 Å². The summed E-state index contributed by atoms with van der Waals surface area (Å²) in [7, 11) is 0. The third-order valence-electron chi connectivity index (χ3n) is 5.44. The lowest BCUT2D eigenvalue weighted by Gasteiger charge is -2.28. The lowest BCUT2D eigenvalue weighted by molar-refractivity contribution is 0.221. The second kappa shape index (κ2) is 19.4. The molecule has 0 aliphatic carbocycles. The lowest BCUT2D eigenvalue weighted by atomic mass is 9.86. The van der Waals surface area contributed by atoms with Gasteiger partial charge in [-0.2, -0.15) is 0 Å². The van der Waals surface area contributed by atoms with Crippen LogP contribution < -0.4 is 11.5 Å². The number of aliphatic hydroxyl groups is 1. The van der Waals surface area contributed by atoms with Crippen molar-refractivity contribution in [3.63, 3.8) is 0 Å².